The third-order valence-electron chi connectivity index (χ3n) is 3.80. The van der Waals surface area contributed by atoms with Gasteiger partial charge in [-0.1, -0.05) is 66.7 Å². The van der Waals surface area contributed by atoms with E-state index in [-0.39, 0.29) is 6.10 Å². The number of rotatable bonds is 4. The minimum absolute atomic E-state index is 0.249. The first-order valence-corrected chi connectivity index (χ1v) is 7.33. The lowest BCUT2D eigenvalue weighted by atomic mass is 9.97. The quantitative estimate of drug-likeness (QED) is 0.790. The molecule has 102 valence electrons. The van der Waals surface area contributed by atoms with Crippen molar-refractivity contribution in [1.82, 2.24) is 0 Å². The Balaban J connectivity index is 1.65. The van der Waals surface area contributed by atoms with Crippen molar-refractivity contribution >= 4 is 5.57 Å². The molecule has 1 unspecified atom stereocenters. The molecule has 0 amide bonds. The number of hydrogen-bond acceptors (Lipinski definition) is 1. The van der Waals surface area contributed by atoms with Gasteiger partial charge in [-0.05, 0) is 36.0 Å². The summed E-state index contributed by atoms with van der Waals surface area (Å²) in [6.45, 7) is 0.834. The van der Waals surface area contributed by atoms with E-state index < -0.39 is 0 Å². The lowest BCUT2D eigenvalue weighted by molar-refractivity contribution is 0.0771. The summed E-state index contributed by atoms with van der Waals surface area (Å²) in [5, 5.41) is 0. The highest BCUT2D eigenvalue weighted by molar-refractivity contribution is 5.66. The SMILES string of the molecule is C1=C(c2ccccc2)CCOC1CCc1ccccc1. The summed E-state index contributed by atoms with van der Waals surface area (Å²) in [6, 6.07) is 21.3. The van der Waals surface area contributed by atoms with E-state index in [0.717, 1.165) is 25.9 Å². The summed E-state index contributed by atoms with van der Waals surface area (Å²) < 4.78 is 5.88. The third-order valence-corrected chi connectivity index (χ3v) is 3.80. The van der Waals surface area contributed by atoms with Gasteiger partial charge in [0.05, 0.1) is 12.7 Å². The van der Waals surface area contributed by atoms with Crippen LogP contribution in [0.3, 0.4) is 0 Å². The summed E-state index contributed by atoms with van der Waals surface area (Å²) >= 11 is 0. The van der Waals surface area contributed by atoms with Crippen LogP contribution in [0.5, 0.6) is 0 Å². The molecule has 0 N–H and O–H groups in total. The Kier molecular flexibility index (Phi) is 4.29. The highest BCUT2D eigenvalue weighted by atomic mass is 16.5. The fourth-order valence-corrected chi connectivity index (χ4v) is 2.69. The molecule has 0 aliphatic carbocycles. The van der Waals surface area contributed by atoms with E-state index in [9.17, 15) is 0 Å². The van der Waals surface area contributed by atoms with Crippen LogP contribution in [0.15, 0.2) is 66.7 Å². The Labute approximate surface area is 120 Å². The molecule has 1 atom stereocenters. The largest absolute Gasteiger partial charge is 0.374 e. The Bertz CT molecular complexity index is 557. The molecule has 0 spiro atoms. The van der Waals surface area contributed by atoms with Gasteiger partial charge >= 0.3 is 0 Å². The molecule has 0 aromatic heterocycles. The zero-order valence-electron chi connectivity index (χ0n) is 11.7. The van der Waals surface area contributed by atoms with Crippen LogP contribution < -0.4 is 0 Å². The molecule has 0 fully saturated rings. The van der Waals surface area contributed by atoms with Crippen molar-refractivity contribution in [3.8, 4) is 0 Å². The summed E-state index contributed by atoms with van der Waals surface area (Å²) in [6.07, 6.45) is 5.71. The van der Waals surface area contributed by atoms with Crippen LogP contribution in [0.2, 0.25) is 0 Å². The van der Waals surface area contributed by atoms with Gasteiger partial charge < -0.3 is 4.74 Å². The number of hydrogen-bond donors (Lipinski definition) is 0. The van der Waals surface area contributed by atoms with E-state index in [1.54, 1.807) is 0 Å². The average molecular weight is 264 g/mol. The van der Waals surface area contributed by atoms with E-state index in [2.05, 4.69) is 66.7 Å². The van der Waals surface area contributed by atoms with Gasteiger partial charge in [0, 0.05) is 0 Å². The van der Waals surface area contributed by atoms with Gasteiger partial charge in [-0.2, -0.15) is 0 Å². The van der Waals surface area contributed by atoms with Crippen molar-refractivity contribution in [2.75, 3.05) is 6.61 Å². The van der Waals surface area contributed by atoms with E-state index in [4.69, 9.17) is 4.74 Å². The van der Waals surface area contributed by atoms with Crippen LogP contribution >= 0.6 is 0 Å². The Morgan fingerprint density at radius 1 is 0.900 bits per heavy atom. The molecule has 1 nitrogen and oxygen atoms in total. The normalized spacial score (nSPS) is 18.6. The van der Waals surface area contributed by atoms with Gasteiger partial charge in [-0.25, -0.2) is 0 Å². The monoisotopic (exact) mass is 264 g/mol. The zero-order valence-corrected chi connectivity index (χ0v) is 11.7. The van der Waals surface area contributed by atoms with E-state index in [0.29, 0.717) is 0 Å². The molecule has 2 aromatic rings. The Morgan fingerprint density at radius 3 is 2.35 bits per heavy atom. The van der Waals surface area contributed by atoms with Crippen LogP contribution in [0, 0.1) is 0 Å². The summed E-state index contributed by atoms with van der Waals surface area (Å²) in [5.74, 6) is 0. The van der Waals surface area contributed by atoms with Crippen LogP contribution in [-0.4, -0.2) is 12.7 Å². The maximum Gasteiger partial charge on any atom is 0.0765 e. The molecule has 0 radical (unpaired) electrons. The van der Waals surface area contributed by atoms with Gasteiger partial charge in [0.15, 0.2) is 0 Å². The minimum atomic E-state index is 0.249. The first kappa shape index (κ1) is 13.1. The fraction of sp³-hybridized carbons (Fsp3) is 0.263. The van der Waals surface area contributed by atoms with Crippen LogP contribution in [0.25, 0.3) is 5.57 Å². The molecule has 0 bridgehead atoms. The van der Waals surface area contributed by atoms with Gasteiger partial charge in [-0.3, -0.25) is 0 Å². The molecular formula is C19H20O. The van der Waals surface area contributed by atoms with Gasteiger partial charge in [0.2, 0.25) is 0 Å². The Hall–Kier alpha value is -1.86. The average Bonchev–Trinajstić information content (AvgIpc) is 2.55. The predicted molar refractivity (Wildman–Crippen MR) is 83.5 cm³/mol. The number of ether oxygens (including phenoxy) is 1. The molecule has 20 heavy (non-hydrogen) atoms. The molecule has 3 rings (SSSR count). The topological polar surface area (TPSA) is 9.23 Å². The molecule has 2 aromatic carbocycles. The third kappa shape index (κ3) is 3.37. The highest BCUT2D eigenvalue weighted by Gasteiger charge is 2.14. The second-order valence-electron chi connectivity index (χ2n) is 5.24. The lowest BCUT2D eigenvalue weighted by Crippen LogP contribution is -2.17. The summed E-state index contributed by atoms with van der Waals surface area (Å²) in [7, 11) is 0. The second kappa shape index (κ2) is 6.53. The molecule has 0 saturated heterocycles. The van der Waals surface area contributed by atoms with Crippen molar-refractivity contribution in [3.05, 3.63) is 77.9 Å². The van der Waals surface area contributed by atoms with Gasteiger partial charge in [0.25, 0.3) is 0 Å². The number of benzene rings is 2. The van der Waals surface area contributed by atoms with Crippen molar-refractivity contribution in [2.24, 2.45) is 0 Å². The van der Waals surface area contributed by atoms with Crippen LogP contribution in [-0.2, 0) is 11.2 Å². The maximum absolute atomic E-state index is 5.88. The van der Waals surface area contributed by atoms with Crippen molar-refractivity contribution in [1.29, 1.82) is 0 Å². The molecule has 1 heterocycles. The predicted octanol–water partition coefficient (Wildman–Crippen LogP) is 4.49. The number of aryl methyl sites for hydroxylation is 1. The molecule has 1 aliphatic rings. The smallest absolute Gasteiger partial charge is 0.0765 e. The van der Waals surface area contributed by atoms with Crippen molar-refractivity contribution in [3.63, 3.8) is 0 Å². The first-order chi connectivity index (χ1) is 9.92. The highest BCUT2D eigenvalue weighted by Crippen LogP contribution is 2.25. The molecule has 1 aliphatic heterocycles. The molecule has 0 saturated carbocycles. The molecule has 1 heteroatoms. The molecular weight excluding hydrogens is 244 g/mol. The Morgan fingerprint density at radius 2 is 1.60 bits per heavy atom. The summed E-state index contributed by atoms with van der Waals surface area (Å²) in [5.41, 5.74) is 4.15. The first-order valence-electron chi connectivity index (χ1n) is 7.33. The maximum atomic E-state index is 5.88. The van der Waals surface area contributed by atoms with Crippen molar-refractivity contribution < 1.29 is 4.74 Å². The van der Waals surface area contributed by atoms with E-state index in [1.165, 1.54) is 16.7 Å². The second-order valence-corrected chi connectivity index (χ2v) is 5.24. The van der Waals surface area contributed by atoms with E-state index >= 15 is 0 Å². The van der Waals surface area contributed by atoms with Gasteiger partial charge in [-0.15, -0.1) is 0 Å². The van der Waals surface area contributed by atoms with E-state index in [1.807, 2.05) is 0 Å². The standard InChI is InChI=1S/C19H20O/c1-3-7-16(8-4-1)11-12-19-15-18(13-14-20-19)17-9-5-2-6-10-17/h1-10,15,19H,11-14H2. The minimum Gasteiger partial charge on any atom is -0.374 e. The zero-order chi connectivity index (χ0) is 13.6. The fourth-order valence-electron chi connectivity index (χ4n) is 2.69. The van der Waals surface area contributed by atoms with Crippen LogP contribution in [0.4, 0.5) is 0 Å². The summed E-state index contributed by atoms with van der Waals surface area (Å²) in [4.78, 5) is 0. The van der Waals surface area contributed by atoms with Crippen molar-refractivity contribution in [2.45, 2.75) is 25.4 Å². The van der Waals surface area contributed by atoms with Crippen LogP contribution in [0.1, 0.15) is 24.0 Å². The van der Waals surface area contributed by atoms with Gasteiger partial charge in [0.1, 0.15) is 0 Å². The lowest BCUT2D eigenvalue weighted by Gasteiger charge is -2.22.